The molecule has 3 aromatic rings. The van der Waals surface area contributed by atoms with Crippen molar-refractivity contribution in [3.05, 3.63) is 46.5 Å². The summed E-state index contributed by atoms with van der Waals surface area (Å²) in [6.45, 7) is 5.03. The van der Waals surface area contributed by atoms with Gasteiger partial charge >= 0.3 is 6.09 Å². The Hall–Kier alpha value is -2.94. The SMILES string of the molecule is CCCCOC(=O)NC(C)CCn1ccsc1=NC(=O)c1c[nH]c2ncccc12. The Morgan fingerprint density at radius 2 is 2.31 bits per heavy atom. The maximum Gasteiger partial charge on any atom is 0.407 e. The van der Waals surface area contributed by atoms with Crippen LogP contribution in [-0.4, -0.2) is 39.2 Å². The molecule has 0 spiro atoms. The van der Waals surface area contributed by atoms with Crippen LogP contribution < -0.4 is 10.1 Å². The van der Waals surface area contributed by atoms with E-state index >= 15 is 0 Å². The van der Waals surface area contributed by atoms with E-state index in [2.05, 4.69) is 20.3 Å². The monoisotopic (exact) mass is 415 g/mol. The summed E-state index contributed by atoms with van der Waals surface area (Å²) < 4.78 is 7.03. The van der Waals surface area contributed by atoms with Gasteiger partial charge in [-0.05, 0) is 31.9 Å². The topological polar surface area (TPSA) is 101 Å². The van der Waals surface area contributed by atoms with Crippen LogP contribution in [-0.2, 0) is 11.3 Å². The first-order valence-electron chi connectivity index (χ1n) is 9.67. The minimum Gasteiger partial charge on any atom is -0.450 e. The van der Waals surface area contributed by atoms with E-state index in [4.69, 9.17) is 4.74 Å². The highest BCUT2D eigenvalue weighted by atomic mass is 32.1. The highest BCUT2D eigenvalue weighted by molar-refractivity contribution is 7.07. The van der Waals surface area contributed by atoms with E-state index in [1.807, 2.05) is 36.1 Å². The van der Waals surface area contributed by atoms with Crippen molar-refractivity contribution in [2.45, 2.75) is 45.7 Å². The number of amides is 2. The molecule has 2 amide bonds. The van der Waals surface area contributed by atoms with E-state index in [-0.39, 0.29) is 11.9 Å². The zero-order valence-electron chi connectivity index (χ0n) is 16.6. The van der Waals surface area contributed by atoms with Crippen LogP contribution in [0.3, 0.4) is 0 Å². The van der Waals surface area contributed by atoms with Gasteiger partial charge in [-0.2, -0.15) is 4.99 Å². The fraction of sp³-hybridized carbons (Fsp3) is 0.400. The van der Waals surface area contributed by atoms with E-state index in [1.165, 1.54) is 11.3 Å². The maximum atomic E-state index is 12.7. The van der Waals surface area contributed by atoms with E-state index in [0.29, 0.717) is 35.6 Å². The molecule has 3 aromatic heterocycles. The molecule has 0 radical (unpaired) electrons. The van der Waals surface area contributed by atoms with Gasteiger partial charge in [0.1, 0.15) is 5.65 Å². The third-order valence-electron chi connectivity index (χ3n) is 4.44. The molecule has 3 heterocycles. The van der Waals surface area contributed by atoms with Crippen LogP contribution in [0.1, 0.15) is 43.5 Å². The molecule has 2 N–H and O–H groups in total. The second kappa shape index (κ2) is 10.0. The number of thiazole rings is 1. The second-order valence-electron chi connectivity index (χ2n) is 6.72. The Labute approximate surface area is 172 Å². The number of aromatic amines is 1. The molecule has 0 fully saturated rings. The third-order valence-corrected chi connectivity index (χ3v) is 5.23. The first kappa shape index (κ1) is 20.8. The summed E-state index contributed by atoms with van der Waals surface area (Å²) in [5.41, 5.74) is 1.16. The van der Waals surface area contributed by atoms with Gasteiger partial charge < -0.3 is 19.6 Å². The third kappa shape index (κ3) is 5.54. The number of carbonyl (C=O) groups excluding carboxylic acids is 2. The number of ether oxygens (including phenoxy) is 1. The summed E-state index contributed by atoms with van der Waals surface area (Å²) in [5, 5.41) is 5.47. The smallest absolute Gasteiger partial charge is 0.407 e. The summed E-state index contributed by atoms with van der Waals surface area (Å²) in [7, 11) is 0. The van der Waals surface area contributed by atoms with Crippen molar-refractivity contribution in [3.8, 4) is 0 Å². The minimum absolute atomic E-state index is 0.0558. The van der Waals surface area contributed by atoms with Crippen LogP contribution in [0, 0.1) is 0 Å². The molecule has 0 aromatic carbocycles. The van der Waals surface area contributed by atoms with Gasteiger partial charge in [-0.15, -0.1) is 11.3 Å². The number of rotatable bonds is 8. The molecule has 0 saturated carbocycles. The van der Waals surface area contributed by atoms with Crippen LogP contribution >= 0.6 is 11.3 Å². The van der Waals surface area contributed by atoms with Crippen LogP contribution in [0.2, 0.25) is 0 Å². The number of aromatic nitrogens is 3. The van der Waals surface area contributed by atoms with Gasteiger partial charge in [0.25, 0.3) is 5.91 Å². The summed E-state index contributed by atoms with van der Waals surface area (Å²) in [6.07, 6.45) is 7.34. The van der Waals surface area contributed by atoms with Crippen molar-refractivity contribution >= 4 is 34.4 Å². The highest BCUT2D eigenvalue weighted by Crippen LogP contribution is 2.16. The number of hydrogen-bond acceptors (Lipinski definition) is 5. The summed E-state index contributed by atoms with van der Waals surface area (Å²) in [4.78, 5) is 36.5. The molecule has 1 atom stereocenters. The van der Waals surface area contributed by atoms with Crippen molar-refractivity contribution in [3.63, 3.8) is 0 Å². The standard InChI is InChI=1S/C20H25N5O3S/c1-3-4-11-28-20(27)23-14(2)7-9-25-10-12-29-19(25)24-18(26)16-13-22-17-15(16)6-5-8-21-17/h5-6,8,10,12-14H,3-4,7,9,11H2,1-2H3,(H,21,22)(H,23,27). The average molecular weight is 416 g/mol. The summed E-state index contributed by atoms with van der Waals surface area (Å²) >= 11 is 1.40. The molecule has 0 saturated heterocycles. The zero-order valence-corrected chi connectivity index (χ0v) is 17.4. The number of nitrogens with zero attached hydrogens (tertiary/aromatic N) is 3. The van der Waals surface area contributed by atoms with Crippen LogP contribution in [0.5, 0.6) is 0 Å². The Kier molecular flexibility index (Phi) is 7.18. The Bertz CT molecular complexity index is 1040. The molecule has 3 rings (SSSR count). The number of carbonyl (C=O) groups is 2. The molecule has 0 aliphatic carbocycles. The van der Waals surface area contributed by atoms with E-state index in [9.17, 15) is 9.59 Å². The van der Waals surface area contributed by atoms with Gasteiger partial charge in [-0.1, -0.05) is 13.3 Å². The van der Waals surface area contributed by atoms with Gasteiger partial charge in [0, 0.05) is 41.9 Å². The quantitative estimate of drug-likeness (QED) is 0.550. The largest absolute Gasteiger partial charge is 0.450 e. The van der Waals surface area contributed by atoms with Crippen molar-refractivity contribution in [2.75, 3.05) is 6.61 Å². The minimum atomic E-state index is -0.394. The number of nitrogens with one attached hydrogen (secondary N) is 2. The molecule has 9 heteroatoms. The lowest BCUT2D eigenvalue weighted by molar-refractivity contribution is 0.0999. The highest BCUT2D eigenvalue weighted by Gasteiger charge is 2.13. The Morgan fingerprint density at radius 3 is 3.14 bits per heavy atom. The number of H-pyrrole nitrogens is 1. The molecular formula is C20H25N5O3S. The molecule has 8 nitrogen and oxygen atoms in total. The van der Waals surface area contributed by atoms with Crippen molar-refractivity contribution in [1.29, 1.82) is 0 Å². The number of alkyl carbamates (subject to hydrolysis) is 1. The Balaban J connectivity index is 1.62. The molecule has 0 aliphatic rings. The van der Waals surface area contributed by atoms with Crippen LogP contribution in [0.25, 0.3) is 11.0 Å². The number of aryl methyl sites for hydroxylation is 1. The van der Waals surface area contributed by atoms with Crippen molar-refractivity contribution in [2.24, 2.45) is 4.99 Å². The Morgan fingerprint density at radius 1 is 1.45 bits per heavy atom. The van der Waals surface area contributed by atoms with E-state index in [1.54, 1.807) is 18.5 Å². The molecule has 0 bridgehead atoms. The normalized spacial score (nSPS) is 12.8. The van der Waals surface area contributed by atoms with Crippen LogP contribution in [0.15, 0.2) is 41.1 Å². The van der Waals surface area contributed by atoms with E-state index < -0.39 is 6.09 Å². The first-order valence-corrected chi connectivity index (χ1v) is 10.5. The lowest BCUT2D eigenvalue weighted by Crippen LogP contribution is -2.34. The molecule has 29 heavy (non-hydrogen) atoms. The lowest BCUT2D eigenvalue weighted by atomic mass is 10.2. The molecule has 1 unspecified atom stereocenters. The summed E-state index contributed by atoms with van der Waals surface area (Å²) in [6, 6.07) is 3.58. The van der Waals surface area contributed by atoms with Crippen molar-refractivity contribution < 1.29 is 14.3 Å². The van der Waals surface area contributed by atoms with Gasteiger partial charge in [0.05, 0.1) is 12.2 Å². The predicted octanol–water partition coefficient (Wildman–Crippen LogP) is 3.47. The van der Waals surface area contributed by atoms with Gasteiger partial charge in [-0.25, -0.2) is 9.78 Å². The molecule has 154 valence electrons. The number of pyridine rings is 1. The number of fused-ring (bicyclic) bond motifs is 1. The predicted molar refractivity (Wildman–Crippen MR) is 112 cm³/mol. The van der Waals surface area contributed by atoms with Crippen LogP contribution in [0.4, 0.5) is 4.79 Å². The van der Waals surface area contributed by atoms with E-state index in [0.717, 1.165) is 18.2 Å². The summed E-state index contributed by atoms with van der Waals surface area (Å²) in [5.74, 6) is -0.314. The fourth-order valence-corrected chi connectivity index (χ4v) is 3.55. The van der Waals surface area contributed by atoms with Gasteiger partial charge in [0.2, 0.25) is 0 Å². The maximum absolute atomic E-state index is 12.7. The first-order chi connectivity index (χ1) is 14.1. The average Bonchev–Trinajstić information content (AvgIpc) is 3.33. The molecule has 0 aliphatic heterocycles. The lowest BCUT2D eigenvalue weighted by Gasteiger charge is -2.14. The fourth-order valence-electron chi connectivity index (χ4n) is 2.79. The number of unbranched alkanes of at least 4 members (excludes halogenated alkanes) is 1. The van der Waals surface area contributed by atoms with Gasteiger partial charge in [-0.3, -0.25) is 4.79 Å². The van der Waals surface area contributed by atoms with Crippen molar-refractivity contribution in [1.82, 2.24) is 19.9 Å². The number of hydrogen-bond donors (Lipinski definition) is 2. The second-order valence-corrected chi connectivity index (χ2v) is 7.59. The zero-order chi connectivity index (χ0) is 20.6. The molecular weight excluding hydrogens is 390 g/mol. The van der Waals surface area contributed by atoms with Gasteiger partial charge in [0.15, 0.2) is 4.80 Å².